The Balaban J connectivity index is 1.48. The van der Waals surface area contributed by atoms with Crippen molar-refractivity contribution >= 4 is 26.5 Å². The van der Waals surface area contributed by atoms with Crippen molar-refractivity contribution in [2.45, 2.75) is 12.1 Å². The molecule has 0 aliphatic carbocycles. The Labute approximate surface area is 194 Å². The minimum absolute atomic E-state index is 0.184. The lowest BCUT2D eigenvalue weighted by Crippen LogP contribution is -2.29. The van der Waals surface area contributed by atoms with Crippen LogP contribution in [0.5, 0.6) is 11.5 Å². The van der Waals surface area contributed by atoms with Crippen molar-refractivity contribution in [1.29, 1.82) is 0 Å². The Hall–Kier alpha value is -3.72. The topological polar surface area (TPSA) is 64.6 Å². The number of ether oxygens (including phenoxy) is 2. The van der Waals surface area contributed by atoms with Gasteiger partial charge >= 0.3 is 15.5 Å². The number of nitrogens with one attached hydrogen (secondary N) is 1. The number of halogens is 3. The standard InChI is InChI=1S/C25H20F3NO4S/c1-32-22-12-9-19(10-13-22)18-7-5-17(6-8-18)16-33-24-4-2-3-20-15-21(11-14-23(20)24)29-34(30,31)25(26,27)28/h2-15,29H,16H2,1H3. The molecule has 9 heteroatoms. The molecule has 4 rings (SSSR count). The number of anilines is 1. The normalized spacial score (nSPS) is 11.9. The molecule has 5 nitrogen and oxygen atoms in total. The van der Waals surface area contributed by atoms with Gasteiger partial charge in [0.25, 0.3) is 0 Å². The zero-order chi connectivity index (χ0) is 24.3. The lowest BCUT2D eigenvalue weighted by atomic mass is 10.0. The predicted octanol–water partition coefficient (Wildman–Crippen LogP) is 6.36. The SMILES string of the molecule is COc1ccc(-c2ccc(COc3cccc4cc(NS(=O)(=O)C(F)(F)F)ccc34)cc2)cc1. The van der Waals surface area contributed by atoms with E-state index < -0.39 is 15.5 Å². The summed E-state index contributed by atoms with van der Waals surface area (Å²) in [5, 5.41) is 1.18. The van der Waals surface area contributed by atoms with Crippen LogP contribution in [0.25, 0.3) is 21.9 Å². The predicted molar refractivity (Wildman–Crippen MR) is 125 cm³/mol. The van der Waals surface area contributed by atoms with Gasteiger partial charge in [-0.2, -0.15) is 21.6 Å². The van der Waals surface area contributed by atoms with E-state index >= 15 is 0 Å². The highest BCUT2D eigenvalue weighted by atomic mass is 32.2. The van der Waals surface area contributed by atoms with Crippen LogP contribution in [0.3, 0.4) is 0 Å². The van der Waals surface area contributed by atoms with Gasteiger partial charge in [0.2, 0.25) is 0 Å². The minimum atomic E-state index is -5.49. The molecular weight excluding hydrogens is 467 g/mol. The molecule has 0 saturated carbocycles. The monoisotopic (exact) mass is 487 g/mol. The van der Waals surface area contributed by atoms with Gasteiger partial charge in [-0.05, 0) is 58.5 Å². The molecule has 0 heterocycles. The van der Waals surface area contributed by atoms with Gasteiger partial charge in [-0.15, -0.1) is 0 Å². The number of fused-ring (bicyclic) bond motifs is 1. The van der Waals surface area contributed by atoms with Crippen LogP contribution in [0, 0.1) is 0 Å². The molecule has 0 amide bonds. The van der Waals surface area contributed by atoms with E-state index in [0.29, 0.717) is 16.5 Å². The van der Waals surface area contributed by atoms with E-state index in [1.807, 2.05) is 48.5 Å². The molecule has 0 saturated heterocycles. The first-order valence-corrected chi connectivity index (χ1v) is 11.6. The van der Waals surface area contributed by atoms with Crippen molar-refractivity contribution in [2.75, 3.05) is 11.8 Å². The van der Waals surface area contributed by atoms with Gasteiger partial charge in [0.1, 0.15) is 18.1 Å². The Morgan fingerprint density at radius 1 is 0.853 bits per heavy atom. The largest absolute Gasteiger partial charge is 0.516 e. The molecule has 34 heavy (non-hydrogen) atoms. The summed E-state index contributed by atoms with van der Waals surface area (Å²) in [4.78, 5) is 0. The van der Waals surface area contributed by atoms with Gasteiger partial charge in [-0.3, -0.25) is 4.72 Å². The van der Waals surface area contributed by atoms with Crippen LogP contribution in [0.2, 0.25) is 0 Å². The van der Waals surface area contributed by atoms with Crippen molar-refractivity contribution in [3.8, 4) is 22.6 Å². The first-order chi connectivity index (χ1) is 16.2. The molecule has 0 aliphatic heterocycles. The van der Waals surface area contributed by atoms with Crippen LogP contribution in [0.15, 0.2) is 84.9 Å². The summed E-state index contributed by atoms with van der Waals surface area (Å²) < 4.78 is 73.3. The molecule has 176 valence electrons. The Kier molecular flexibility index (Phi) is 6.39. The highest BCUT2D eigenvalue weighted by molar-refractivity contribution is 7.93. The fourth-order valence-corrected chi connectivity index (χ4v) is 3.95. The Morgan fingerprint density at radius 2 is 1.50 bits per heavy atom. The molecular formula is C25H20F3NO4S. The molecule has 0 atom stereocenters. The smallest absolute Gasteiger partial charge is 0.497 e. The molecule has 0 aromatic heterocycles. The summed E-state index contributed by atoms with van der Waals surface area (Å²) in [5.41, 5.74) is -2.54. The van der Waals surface area contributed by atoms with Crippen LogP contribution in [-0.4, -0.2) is 21.0 Å². The van der Waals surface area contributed by atoms with Crippen molar-refractivity contribution < 1.29 is 31.1 Å². The summed E-state index contributed by atoms with van der Waals surface area (Å²) in [6.07, 6.45) is 0. The van der Waals surface area contributed by atoms with E-state index in [4.69, 9.17) is 9.47 Å². The molecule has 0 fully saturated rings. The summed E-state index contributed by atoms with van der Waals surface area (Å²) in [6, 6.07) is 24.8. The second-order valence-electron chi connectivity index (χ2n) is 7.46. The zero-order valence-electron chi connectivity index (χ0n) is 18.0. The van der Waals surface area contributed by atoms with Gasteiger partial charge in [0.15, 0.2) is 0 Å². The molecule has 0 unspecified atom stereocenters. The maximum atomic E-state index is 12.6. The number of benzene rings is 4. The average molecular weight is 487 g/mol. The van der Waals surface area contributed by atoms with Gasteiger partial charge in [0, 0.05) is 11.1 Å². The van der Waals surface area contributed by atoms with Gasteiger partial charge in [-0.25, -0.2) is 0 Å². The second kappa shape index (κ2) is 9.26. The zero-order valence-corrected chi connectivity index (χ0v) is 18.8. The van der Waals surface area contributed by atoms with Crippen LogP contribution in [-0.2, 0) is 16.6 Å². The maximum absolute atomic E-state index is 12.6. The first-order valence-electron chi connectivity index (χ1n) is 10.1. The number of methoxy groups -OCH3 is 1. The molecule has 4 aromatic carbocycles. The number of alkyl halides is 3. The quantitative estimate of drug-likeness (QED) is 0.330. The number of sulfonamides is 1. The van der Waals surface area contributed by atoms with Crippen molar-refractivity contribution in [2.24, 2.45) is 0 Å². The van der Waals surface area contributed by atoms with E-state index in [9.17, 15) is 21.6 Å². The highest BCUT2D eigenvalue weighted by Gasteiger charge is 2.46. The molecule has 0 aliphatic rings. The third-order valence-electron chi connectivity index (χ3n) is 5.17. The summed E-state index contributed by atoms with van der Waals surface area (Å²) in [7, 11) is -3.87. The van der Waals surface area contributed by atoms with Crippen LogP contribution < -0.4 is 14.2 Å². The van der Waals surface area contributed by atoms with E-state index in [0.717, 1.165) is 22.4 Å². The van der Waals surface area contributed by atoms with E-state index in [1.165, 1.54) is 18.2 Å². The molecule has 1 N–H and O–H groups in total. The number of hydrogen-bond acceptors (Lipinski definition) is 4. The molecule has 0 radical (unpaired) electrons. The number of hydrogen-bond donors (Lipinski definition) is 1. The third-order valence-corrected chi connectivity index (χ3v) is 6.28. The van der Waals surface area contributed by atoms with Crippen LogP contribution in [0.1, 0.15) is 5.56 Å². The van der Waals surface area contributed by atoms with Crippen molar-refractivity contribution in [3.63, 3.8) is 0 Å². The average Bonchev–Trinajstić information content (AvgIpc) is 2.82. The minimum Gasteiger partial charge on any atom is -0.497 e. The van der Waals surface area contributed by atoms with E-state index in [2.05, 4.69) is 0 Å². The molecule has 0 bridgehead atoms. The first kappa shape index (κ1) is 23.4. The fourth-order valence-electron chi connectivity index (χ4n) is 3.39. The summed E-state index contributed by atoms with van der Waals surface area (Å²) in [6.45, 7) is 0.282. The second-order valence-corrected chi connectivity index (χ2v) is 9.13. The maximum Gasteiger partial charge on any atom is 0.516 e. The highest BCUT2D eigenvalue weighted by Crippen LogP contribution is 2.31. The van der Waals surface area contributed by atoms with Crippen molar-refractivity contribution in [3.05, 3.63) is 90.5 Å². The van der Waals surface area contributed by atoms with Crippen LogP contribution in [0.4, 0.5) is 18.9 Å². The van der Waals surface area contributed by atoms with Gasteiger partial charge in [-0.1, -0.05) is 48.5 Å². The third kappa shape index (κ3) is 5.09. The Morgan fingerprint density at radius 3 is 2.12 bits per heavy atom. The van der Waals surface area contributed by atoms with Crippen molar-refractivity contribution in [1.82, 2.24) is 0 Å². The lowest BCUT2D eigenvalue weighted by molar-refractivity contribution is -0.0429. The Bertz CT molecular complexity index is 1400. The van der Waals surface area contributed by atoms with E-state index in [1.54, 1.807) is 30.0 Å². The summed E-state index contributed by atoms with van der Waals surface area (Å²) in [5.74, 6) is 1.32. The fraction of sp³-hybridized carbons (Fsp3) is 0.120. The van der Waals surface area contributed by atoms with Gasteiger partial charge in [0.05, 0.1) is 7.11 Å². The lowest BCUT2D eigenvalue weighted by Gasteiger charge is -2.13. The molecule has 0 spiro atoms. The summed E-state index contributed by atoms with van der Waals surface area (Å²) >= 11 is 0. The van der Waals surface area contributed by atoms with Gasteiger partial charge < -0.3 is 9.47 Å². The van der Waals surface area contributed by atoms with E-state index in [-0.39, 0.29) is 12.3 Å². The van der Waals surface area contributed by atoms with Crippen LogP contribution >= 0.6 is 0 Å². The molecule has 4 aromatic rings. The number of rotatable bonds is 7.